The number of carbonyl (C=O) groups is 2. The van der Waals surface area contributed by atoms with Crippen molar-refractivity contribution in [2.75, 3.05) is 19.4 Å². The minimum absolute atomic E-state index is 0.291. The van der Waals surface area contributed by atoms with E-state index in [1.807, 2.05) is 43.3 Å². The van der Waals surface area contributed by atoms with Crippen molar-refractivity contribution in [2.45, 2.75) is 19.0 Å². The standard InChI is InChI=1S/C20H24N4O2S/c1-14(24(3)20(27)22-16-12-8-5-9-13-16)17(19(26)21-2)23-18(25)15-10-6-4-7-11-15/h4-14,17H,1-3H3,(H,21,26)(H,22,27)(H,23,25). The topological polar surface area (TPSA) is 73.5 Å². The number of anilines is 1. The summed E-state index contributed by atoms with van der Waals surface area (Å²) in [5.41, 5.74) is 1.35. The first-order chi connectivity index (χ1) is 12.9. The van der Waals surface area contributed by atoms with Crippen LogP contribution in [0.15, 0.2) is 60.7 Å². The van der Waals surface area contributed by atoms with E-state index in [0.29, 0.717) is 10.7 Å². The fraction of sp³-hybridized carbons (Fsp3) is 0.250. The summed E-state index contributed by atoms with van der Waals surface area (Å²) >= 11 is 5.45. The van der Waals surface area contributed by atoms with E-state index >= 15 is 0 Å². The molecule has 6 nitrogen and oxygen atoms in total. The third-order valence-corrected chi connectivity index (χ3v) is 4.68. The van der Waals surface area contributed by atoms with Crippen molar-refractivity contribution >= 4 is 34.8 Å². The number of rotatable bonds is 6. The molecule has 0 bridgehead atoms. The summed E-state index contributed by atoms with van der Waals surface area (Å²) < 4.78 is 0. The molecule has 2 rings (SSSR count). The maximum atomic E-state index is 12.5. The lowest BCUT2D eigenvalue weighted by atomic mass is 10.1. The molecule has 27 heavy (non-hydrogen) atoms. The van der Waals surface area contributed by atoms with Crippen molar-refractivity contribution in [1.82, 2.24) is 15.5 Å². The molecule has 0 saturated heterocycles. The number of nitrogens with zero attached hydrogens (tertiary/aromatic N) is 1. The van der Waals surface area contributed by atoms with Crippen LogP contribution in [-0.2, 0) is 4.79 Å². The lowest BCUT2D eigenvalue weighted by Gasteiger charge is -2.33. The van der Waals surface area contributed by atoms with Gasteiger partial charge in [-0.1, -0.05) is 36.4 Å². The van der Waals surface area contributed by atoms with Gasteiger partial charge < -0.3 is 20.9 Å². The van der Waals surface area contributed by atoms with Gasteiger partial charge in [0.15, 0.2) is 5.11 Å². The Morgan fingerprint density at radius 1 is 1.00 bits per heavy atom. The van der Waals surface area contributed by atoms with Gasteiger partial charge in [0.05, 0.1) is 6.04 Å². The van der Waals surface area contributed by atoms with Gasteiger partial charge in [0.1, 0.15) is 6.04 Å². The van der Waals surface area contributed by atoms with E-state index in [9.17, 15) is 9.59 Å². The molecule has 0 aromatic heterocycles. The zero-order valence-electron chi connectivity index (χ0n) is 15.6. The van der Waals surface area contributed by atoms with Gasteiger partial charge in [0, 0.05) is 25.3 Å². The Labute approximate surface area is 164 Å². The highest BCUT2D eigenvalue weighted by Crippen LogP contribution is 2.10. The summed E-state index contributed by atoms with van der Waals surface area (Å²) in [4.78, 5) is 26.7. The number of thiocarbonyl (C=S) groups is 1. The summed E-state index contributed by atoms with van der Waals surface area (Å²) in [6.45, 7) is 1.84. The van der Waals surface area contributed by atoms with Crippen LogP contribution in [0.2, 0.25) is 0 Å². The van der Waals surface area contributed by atoms with Gasteiger partial charge in [0.25, 0.3) is 5.91 Å². The molecule has 0 fully saturated rings. The Hall–Kier alpha value is -2.93. The number of benzene rings is 2. The summed E-state index contributed by atoms with van der Waals surface area (Å²) in [5.74, 6) is -0.604. The lowest BCUT2D eigenvalue weighted by Crippen LogP contribution is -2.57. The smallest absolute Gasteiger partial charge is 0.251 e. The SMILES string of the molecule is CNC(=O)C(NC(=O)c1ccccc1)C(C)N(C)C(=S)Nc1ccccc1. The second kappa shape index (κ2) is 9.68. The fourth-order valence-corrected chi connectivity index (χ4v) is 2.80. The van der Waals surface area contributed by atoms with Crippen molar-refractivity contribution in [3.63, 3.8) is 0 Å². The molecule has 0 aliphatic carbocycles. The van der Waals surface area contributed by atoms with Crippen molar-refractivity contribution in [2.24, 2.45) is 0 Å². The highest BCUT2D eigenvalue weighted by atomic mass is 32.1. The molecule has 3 N–H and O–H groups in total. The highest BCUT2D eigenvalue weighted by Gasteiger charge is 2.30. The Morgan fingerprint density at radius 3 is 2.11 bits per heavy atom. The lowest BCUT2D eigenvalue weighted by molar-refractivity contribution is -0.123. The Kier molecular flexibility index (Phi) is 7.31. The van der Waals surface area contributed by atoms with Gasteiger partial charge in [-0.3, -0.25) is 9.59 Å². The molecule has 0 radical (unpaired) electrons. The van der Waals surface area contributed by atoms with Crippen LogP contribution in [0.5, 0.6) is 0 Å². The van der Waals surface area contributed by atoms with Crippen LogP contribution < -0.4 is 16.0 Å². The molecular formula is C20H24N4O2S. The zero-order chi connectivity index (χ0) is 19.8. The molecule has 2 aromatic carbocycles. The van der Waals surface area contributed by atoms with Gasteiger partial charge in [0.2, 0.25) is 5.91 Å². The number of hydrogen-bond acceptors (Lipinski definition) is 3. The van der Waals surface area contributed by atoms with Crippen LogP contribution in [-0.4, -0.2) is 48.0 Å². The summed E-state index contributed by atoms with van der Waals surface area (Å²) in [5, 5.41) is 8.99. The maximum Gasteiger partial charge on any atom is 0.251 e. The third kappa shape index (κ3) is 5.52. The number of hydrogen-bond donors (Lipinski definition) is 3. The van der Waals surface area contributed by atoms with E-state index in [0.717, 1.165) is 5.69 Å². The van der Waals surface area contributed by atoms with Crippen LogP contribution in [0, 0.1) is 0 Å². The molecule has 7 heteroatoms. The van der Waals surface area contributed by atoms with Crippen LogP contribution in [0.1, 0.15) is 17.3 Å². The molecule has 0 saturated carbocycles. The molecule has 2 unspecified atom stereocenters. The van der Waals surface area contributed by atoms with Crippen molar-refractivity contribution in [3.8, 4) is 0 Å². The third-order valence-electron chi connectivity index (χ3n) is 4.29. The first-order valence-electron chi connectivity index (χ1n) is 8.60. The van der Waals surface area contributed by atoms with Crippen LogP contribution in [0.4, 0.5) is 5.69 Å². The summed E-state index contributed by atoms with van der Waals surface area (Å²) in [6.07, 6.45) is 0. The number of nitrogens with one attached hydrogen (secondary N) is 3. The van der Waals surface area contributed by atoms with E-state index in [1.165, 1.54) is 7.05 Å². The van der Waals surface area contributed by atoms with E-state index in [2.05, 4.69) is 16.0 Å². The van der Waals surface area contributed by atoms with Gasteiger partial charge in [-0.25, -0.2) is 0 Å². The number of likely N-dealkylation sites (N-methyl/N-ethyl adjacent to an activating group) is 2. The van der Waals surface area contributed by atoms with Gasteiger partial charge in [-0.15, -0.1) is 0 Å². The molecule has 142 valence electrons. The number of amides is 2. The normalized spacial score (nSPS) is 12.4. The quantitative estimate of drug-likeness (QED) is 0.666. The van der Waals surface area contributed by atoms with E-state index in [4.69, 9.17) is 12.2 Å². The highest BCUT2D eigenvalue weighted by molar-refractivity contribution is 7.80. The summed E-state index contributed by atoms with van der Waals surface area (Å²) in [6, 6.07) is 17.2. The van der Waals surface area contributed by atoms with Crippen molar-refractivity contribution in [3.05, 3.63) is 66.2 Å². The molecule has 0 aliphatic heterocycles. The Morgan fingerprint density at radius 2 is 1.56 bits per heavy atom. The van der Waals surface area contributed by atoms with Crippen molar-refractivity contribution < 1.29 is 9.59 Å². The first-order valence-corrected chi connectivity index (χ1v) is 9.01. The predicted molar refractivity (Wildman–Crippen MR) is 112 cm³/mol. The summed E-state index contributed by atoms with van der Waals surface area (Å²) in [7, 11) is 3.32. The number of para-hydroxylation sites is 1. The second-order valence-corrected chi connectivity index (χ2v) is 6.47. The van der Waals surface area contributed by atoms with Crippen molar-refractivity contribution in [1.29, 1.82) is 0 Å². The zero-order valence-corrected chi connectivity index (χ0v) is 16.4. The second-order valence-electron chi connectivity index (χ2n) is 6.08. The van der Waals surface area contributed by atoms with Crippen LogP contribution >= 0.6 is 12.2 Å². The minimum Gasteiger partial charge on any atom is -0.357 e. The average Bonchev–Trinajstić information content (AvgIpc) is 2.71. The molecule has 2 atom stereocenters. The van der Waals surface area contributed by atoms with Gasteiger partial charge >= 0.3 is 0 Å². The number of carbonyl (C=O) groups excluding carboxylic acids is 2. The predicted octanol–water partition coefficient (Wildman–Crippen LogP) is 2.25. The Bertz CT molecular complexity index is 783. The van der Waals surface area contributed by atoms with Crippen LogP contribution in [0.3, 0.4) is 0 Å². The Balaban J connectivity index is 2.11. The minimum atomic E-state index is -0.775. The average molecular weight is 385 g/mol. The maximum absolute atomic E-state index is 12.5. The molecule has 2 aromatic rings. The van der Waals surface area contributed by atoms with Crippen LogP contribution in [0.25, 0.3) is 0 Å². The van der Waals surface area contributed by atoms with E-state index < -0.39 is 6.04 Å². The van der Waals surface area contributed by atoms with E-state index in [1.54, 1.807) is 36.2 Å². The molecule has 0 spiro atoms. The largest absolute Gasteiger partial charge is 0.357 e. The van der Waals surface area contributed by atoms with Gasteiger partial charge in [-0.2, -0.15) is 0 Å². The molecule has 0 heterocycles. The first kappa shape index (κ1) is 20.4. The molecule has 2 amide bonds. The molecular weight excluding hydrogens is 360 g/mol. The fourth-order valence-electron chi connectivity index (χ4n) is 2.52. The molecule has 0 aliphatic rings. The monoisotopic (exact) mass is 384 g/mol. The van der Waals surface area contributed by atoms with Gasteiger partial charge in [-0.05, 0) is 43.4 Å². The van der Waals surface area contributed by atoms with E-state index in [-0.39, 0.29) is 17.9 Å².